The molecule has 10 heteroatoms. The lowest BCUT2D eigenvalue weighted by molar-refractivity contribution is -0.391. The molecule has 0 spiro atoms. The van der Waals surface area contributed by atoms with E-state index < -0.39 is 20.9 Å². The van der Waals surface area contributed by atoms with Crippen LogP contribution in [0.3, 0.4) is 0 Å². The summed E-state index contributed by atoms with van der Waals surface area (Å²) in [5.74, 6) is -0.944. The molecule has 1 rings (SSSR count). The molecule has 1 aromatic rings. The Morgan fingerprint density at radius 1 is 1.53 bits per heavy atom. The number of hydrogen-bond donors (Lipinski definition) is 2. The summed E-state index contributed by atoms with van der Waals surface area (Å²) in [5.41, 5.74) is 0.127. The van der Waals surface area contributed by atoms with E-state index in [2.05, 4.69) is 5.32 Å². The Morgan fingerprint density at radius 2 is 2.16 bits per heavy atom. The third-order valence-corrected chi connectivity index (χ3v) is 3.26. The molecule has 3 N–H and O–H groups in total. The Balaban J connectivity index is 2.57. The van der Waals surface area contributed by atoms with E-state index in [0.29, 0.717) is 0 Å². The van der Waals surface area contributed by atoms with Crippen LogP contribution in [0.2, 0.25) is 0 Å². The highest BCUT2D eigenvalue weighted by Crippen LogP contribution is 2.14. The van der Waals surface area contributed by atoms with Gasteiger partial charge < -0.3 is 15.4 Å². The lowest BCUT2D eigenvalue weighted by Crippen LogP contribution is -2.28. The van der Waals surface area contributed by atoms with E-state index in [4.69, 9.17) is 5.14 Å². The van der Waals surface area contributed by atoms with Crippen LogP contribution in [0.4, 0.5) is 5.82 Å². The third kappa shape index (κ3) is 4.34. The number of sulfonamides is 1. The molecule has 0 aromatic carbocycles. The van der Waals surface area contributed by atoms with Gasteiger partial charge in [0.15, 0.2) is 5.69 Å². The number of nitrogens with zero attached hydrogens (tertiary/aromatic N) is 2. The number of primary sulfonamides is 1. The van der Waals surface area contributed by atoms with Crippen LogP contribution in [0.25, 0.3) is 0 Å². The number of carbonyl (C=O) groups is 1. The van der Waals surface area contributed by atoms with Gasteiger partial charge in [-0.1, -0.05) is 0 Å². The average molecular weight is 290 g/mol. The normalized spacial score (nSPS) is 11.3. The first-order chi connectivity index (χ1) is 8.72. The standard InChI is InChI=1S/C9H14N4O5S/c1-12-7(3-4-8(12)13(15)16)9(14)11-5-2-6-19(10,17)18/h3-4H,2,5-6H2,1H3,(H,11,14)(H2,10,17,18). The maximum Gasteiger partial charge on any atom is 0.323 e. The molecule has 19 heavy (non-hydrogen) atoms. The minimum atomic E-state index is -3.55. The van der Waals surface area contributed by atoms with Gasteiger partial charge in [0.25, 0.3) is 5.91 Å². The van der Waals surface area contributed by atoms with E-state index in [0.717, 1.165) is 4.57 Å². The Kier molecular flexibility index (Phi) is 4.62. The monoisotopic (exact) mass is 290 g/mol. The first kappa shape index (κ1) is 15.1. The van der Waals surface area contributed by atoms with E-state index in [1.165, 1.54) is 19.2 Å². The van der Waals surface area contributed by atoms with E-state index >= 15 is 0 Å². The SMILES string of the molecule is Cn1c(C(=O)NCCCS(N)(=O)=O)ccc1[N+](=O)[O-]. The van der Waals surface area contributed by atoms with Gasteiger partial charge >= 0.3 is 5.82 Å². The van der Waals surface area contributed by atoms with Gasteiger partial charge in [0.05, 0.1) is 12.8 Å². The lowest BCUT2D eigenvalue weighted by Gasteiger charge is -2.03. The molecule has 1 heterocycles. The van der Waals surface area contributed by atoms with Crippen LogP contribution >= 0.6 is 0 Å². The van der Waals surface area contributed by atoms with Crippen molar-refractivity contribution in [1.29, 1.82) is 0 Å². The van der Waals surface area contributed by atoms with Crippen molar-refractivity contribution in [2.75, 3.05) is 12.3 Å². The summed E-state index contributed by atoms with van der Waals surface area (Å²) in [6, 6.07) is 2.55. The summed E-state index contributed by atoms with van der Waals surface area (Å²) in [6.07, 6.45) is 0.178. The quantitative estimate of drug-likeness (QED) is 0.407. The fourth-order valence-corrected chi connectivity index (χ4v) is 2.02. The smallest absolute Gasteiger partial charge is 0.323 e. The summed E-state index contributed by atoms with van der Waals surface area (Å²) >= 11 is 0. The Hall–Kier alpha value is -1.94. The first-order valence-electron chi connectivity index (χ1n) is 5.31. The topological polar surface area (TPSA) is 137 Å². The van der Waals surface area contributed by atoms with Crippen LogP contribution in [0.1, 0.15) is 16.9 Å². The van der Waals surface area contributed by atoms with Crippen LogP contribution < -0.4 is 10.5 Å². The summed E-state index contributed by atoms with van der Waals surface area (Å²) in [4.78, 5) is 21.7. The first-order valence-corrected chi connectivity index (χ1v) is 7.02. The van der Waals surface area contributed by atoms with E-state index in [9.17, 15) is 23.3 Å². The molecule has 0 aliphatic carbocycles. The van der Waals surface area contributed by atoms with Gasteiger partial charge in [-0.15, -0.1) is 0 Å². The van der Waals surface area contributed by atoms with Crippen LogP contribution in [0, 0.1) is 10.1 Å². The summed E-state index contributed by atoms with van der Waals surface area (Å²) in [7, 11) is -2.15. The van der Waals surface area contributed by atoms with E-state index in [-0.39, 0.29) is 30.2 Å². The van der Waals surface area contributed by atoms with Crippen molar-refractivity contribution < 1.29 is 18.1 Å². The number of nitro groups is 1. The summed E-state index contributed by atoms with van der Waals surface area (Å²) in [5, 5.41) is 17.9. The number of rotatable bonds is 6. The van der Waals surface area contributed by atoms with E-state index in [1.54, 1.807) is 0 Å². The predicted octanol–water partition coefficient (Wildman–Crippen LogP) is -0.658. The molecular weight excluding hydrogens is 276 g/mol. The molecule has 0 atom stereocenters. The third-order valence-electron chi connectivity index (χ3n) is 2.41. The van der Waals surface area contributed by atoms with Gasteiger partial charge in [-0.3, -0.25) is 4.79 Å². The van der Waals surface area contributed by atoms with Crippen molar-refractivity contribution >= 4 is 21.7 Å². The van der Waals surface area contributed by atoms with Crippen LogP contribution in [-0.2, 0) is 17.1 Å². The molecule has 0 aliphatic heterocycles. The van der Waals surface area contributed by atoms with Gasteiger partial charge in [0.1, 0.15) is 0 Å². The number of carbonyl (C=O) groups excluding carboxylic acids is 1. The highest BCUT2D eigenvalue weighted by atomic mass is 32.2. The Bertz CT molecular complexity index is 592. The molecule has 0 saturated heterocycles. The second-order valence-corrected chi connectivity index (χ2v) is 5.60. The molecule has 0 aliphatic rings. The fraction of sp³-hybridized carbons (Fsp3) is 0.444. The molecule has 0 fully saturated rings. The molecule has 9 nitrogen and oxygen atoms in total. The van der Waals surface area contributed by atoms with Crippen molar-refractivity contribution in [3.05, 3.63) is 27.9 Å². The maximum atomic E-state index is 11.7. The van der Waals surface area contributed by atoms with Crippen molar-refractivity contribution in [3.8, 4) is 0 Å². The van der Waals surface area contributed by atoms with Crippen LogP contribution in [-0.4, -0.2) is 36.1 Å². The number of hydrogen-bond acceptors (Lipinski definition) is 5. The minimum absolute atomic E-state index is 0.119. The molecule has 106 valence electrons. The minimum Gasteiger partial charge on any atom is -0.358 e. The van der Waals surface area contributed by atoms with Crippen LogP contribution in [0.5, 0.6) is 0 Å². The molecule has 0 unspecified atom stereocenters. The summed E-state index contributed by atoms with van der Waals surface area (Å²) in [6.45, 7) is 0.119. The van der Waals surface area contributed by atoms with Crippen molar-refractivity contribution in [3.63, 3.8) is 0 Å². The highest BCUT2D eigenvalue weighted by molar-refractivity contribution is 7.89. The van der Waals surface area contributed by atoms with Crippen molar-refractivity contribution in [1.82, 2.24) is 9.88 Å². The zero-order valence-corrected chi connectivity index (χ0v) is 11.0. The zero-order valence-electron chi connectivity index (χ0n) is 10.2. The van der Waals surface area contributed by atoms with E-state index in [1.807, 2.05) is 0 Å². The van der Waals surface area contributed by atoms with Crippen molar-refractivity contribution in [2.45, 2.75) is 6.42 Å². The Morgan fingerprint density at radius 3 is 2.63 bits per heavy atom. The number of nitrogens with one attached hydrogen (secondary N) is 1. The van der Waals surface area contributed by atoms with Crippen molar-refractivity contribution in [2.24, 2.45) is 12.2 Å². The lowest BCUT2D eigenvalue weighted by atomic mass is 10.4. The number of amides is 1. The van der Waals surface area contributed by atoms with Gasteiger partial charge in [-0.05, 0) is 17.4 Å². The van der Waals surface area contributed by atoms with Gasteiger partial charge in [-0.2, -0.15) is 0 Å². The molecule has 1 aromatic heterocycles. The van der Waals surface area contributed by atoms with Gasteiger partial charge in [0.2, 0.25) is 10.0 Å². The number of aromatic nitrogens is 1. The second kappa shape index (κ2) is 5.80. The highest BCUT2D eigenvalue weighted by Gasteiger charge is 2.20. The second-order valence-electron chi connectivity index (χ2n) is 3.87. The predicted molar refractivity (Wildman–Crippen MR) is 67.0 cm³/mol. The largest absolute Gasteiger partial charge is 0.358 e. The molecule has 0 bridgehead atoms. The van der Waals surface area contributed by atoms with Gasteiger partial charge in [-0.25, -0.2) is 18.1 Å². The zero-order chi connectivity index (χ0) is 14.6. The molecule has 0 radical (unpaired) electrons. The Labute approximate surface area is 109 Å². The van der Waals surface area contributed by atoms with Crippen LogP contribution in [0.15, 0.2) is 12.1 Å². The molecule has 0 saturated carbocycles. The number of nitrogens with two attached hydrogens (primary N) is 1. The molecular formula is C9H14N4O5S. The maximum absolute atomic E-state index is 11.7. The average Bonchev–Trinajstić information content (AvgIpc) is 2.65. The van der Waals surface area contributed by atoms with Gasteiger partial charge in [0, 0.05) is 12.6 Å². The molecule has 1 amide bonds. The summed E-state index contributed by atoms with van der Waals surface area (Å²) < 4.78 is 22.5. The fourth-order valence-electron chi connectivity index (χ4n) is 1.48.